The van der Waals surface area contributed by atoms with E-state index in [1.165, 1.54) is 4.52 Å². The van der Waals surface area contributed by atoms with E-state index < -0.39 is 0 Å². The topological polar surface area (TPSA) is 92.4 Å². The van der Waals surface area contributed by atoms with Crippen LogP contribution in [0.15, 0.2) is 12.3 Å². The van der Waals surface area contributed by atoms with Crippen molar-refractivity contribution in [3.05, 3.63) is 23.8 Å². The third kappa shape index (κ3) is 3.36. The summed E-state index contributed by atoms with van der Waals surface area (Å²) in [5.74, 6) is 0.131. The highest BCUT2D eigenvalue weighted by molar-refractivity contribution is 5.91. The second-order valence-electron chi connectivity index (χ2n) is 6.14. The van der Waals surface area contributed by atoms with Crippen molar-refractivity contribution in [3.8, 4) is 0 Å². The molecule has 0 fully saturated rings. The van der Waals surface area contributed by atoms with Gasteiger partial charge >= 0.3 is 0 Å². The number of amides is 1. The fourth-order valence-corrected chi connectivity index (χ4v) is 2.08. The third-order valence-corrected chi connectivity index (χ3v) is 3.40. The van der Waals surface area contributed by atoms with E-state index in [0.29, 0.717) is 12.2 Å². The van der Waals surface area contributed by atoms with E-state index in [0.717, 1.165) is 5.69 Å². The molecule has 2 aromatic heterocycles. The molecule has 2 heterocycles. The van der Waals surface area contributed by atoms with Crippen molar-refractivity contribution < 1.29 is 9.90 Å². The zero-order chi connectivity index (χ0) is 15.6. The normalized spacial score (nSPS) is 13.4. The molecule has 1 atom stereocenters. The monoisotopic (exact) mass is 291 g/mol. The standard InChI is InChI=1S/C14H21N5O2/c1-9-5-7-15-13-17-11(18-19(9)13)12(21)16-10(6-8-20)14(2,3)4/h5,7,10,20H,6,8H2,1-4H3,(H,16,21). The number of aromatic nitrogens is 4. The Kier molecular flexibility index (Phi) is 4.22. The van der Waals surface area contributed by atoms with Gasteiger partial charge in [0, 0.05) is 24.5 Å². The molecule has 0 bridgehead atoms. The number of fused-ring (bicyclic) bond motifs is 1. The highest BCUT2D eigenvalue weighted by atomic mass is 16.3. The summed E-state index contributed by atoms with van der Waals surface area (Å²) in [6.45, 7) is 7.92. The van der Waals surface area contributed by atoms with Crippen molar-refractivity contribution in [3.63, 3.8) is 0 Å². The molecule has 0 saturated heterocycles. The van der Waals surface area contributed by atoms with Crippen molar-refractivity contribution in [2.45, 2.75) is 40.2 Å². The fraction of sp³-hybridized carbons (Fsp3) is 0.571. The molecule has 0 aliphatic carbocycles. The molecule has 2 N–H and O–H groups in total. The molecule has 7 nitrogen and oxygen atoms in total. The number of aliphatic hydroxyl groups excluding tert-OH is 1. The lowest BCUT2D eigenvalue weighted by molar-refractivity contribution is 0.0875. The second kappa shape index (κ2) is 5.77. The summed E-state index contributed by atoms with van der Waals surface area (Å²) in [7, 11) is 0. The van der Waals surface area contributed by atoms with E-state index in [-0.39, 0.29) is 29.8 Å². The van der Waals surface area contributed by atoms with Crippen molar-refractivity contribution >= 4 is 11.7 Å². The van der Waals surface area contributed by atoms with Gasteiger partial charge in [0.1, 0.15) is 0 Å². The SMILES string of the molecule is Cc1ccnc2nc(C(=O)NC(CCO)C(C)(C)C)nn12. The largest absolute Gasteiger partial charge is 0.396 e. The van der Waals surface area contributed by atoms with E-state index in [1.807, 2.05) is 27.7 Å². The Balaban J connectivity index is 2.23. The smallest absolute Gasteiger partial charge is 0.291 e. The summed E-state index contributed by atoms with van der Waals surface area (Å²) < 4.78 is 1.53. The summed E-state index contributed by atoms with van der Waals surface area (Å²) in [6, 6.07) is 1.64. The first-order valence-corrected chi connectivity index (χ1v) is 6.93. The molecule has 0 saturated carbocycles. The molecular weight excluding hydrogens is 270 g/mol. The van der Waals surface area contributed by atoms with Gasteiger partial charge in [-0.1, -0.05) is 20.8 Å². The van der Waals surface area contributed by atoms with E-state index >= 15 is 0 Å². The molecule has 7 heteroatoms. The van der Waals surface area contributed by atoms with E-state index in [9.17, 15) is 4.79 Å². The van der Waals surface area contributed by atoms with Crippen LogP contribution in [0.5, 0.6) is 0 Å². The van der Waals surface area contributed by atoms with Crippen LogP contribution in [0.25, 0.3) is 5.78 Å². The van der Waals surface area contributed by atoms with Gasteiger partial charge in [-0.05, 0) is 24.8 Å². The van der Waals surface area contributed by atoms with Crippen LogP contribution >= 0.6 is 0 Å². The number of nitrogens with one attached hydrogen (secondary N) is 1. The lowest BCUT2D eigenvalue weighted by atomic mass is 9.85. The van der Waals surface area contributed by atoms with Gasteiger partial charge in [0.25, 0.3) is 11.7 Å². The average Bonchev–Trinajstić information content (AvgIpc) is 2.82. The Labute approximate surface area is 123 Å². The van der Waals surface area contributed by atoms with Crippen LogP contribution in [0.1, 0.15) is 43.5 Å². The number of rotatable bonds is 4. The van der Waals surface area contributed by atoms with Crippen LogP contribution in [-0.2, 0) is 0 Å². The number of carbonyl (C=O) groups excluding carboxylic acids is 1. The summed E-state index contributed by atoms with van der Waals surface area (Å²) in [5.41, 5.74) is 0.695. The molecular formula is C14H21N5O2. The van der Waals surface area contributed by atoms with Gasteiger partial charge in [-0.15, -0.1) is 5.10 Å². The van der Waals surface area contributed by atoms with Gasteiger partial charge < -0.3 is 10.4 Å². The first kappa shape index (κ1) is 15.4. The lowest BCUT2D eigenvalue weighted by Gasteiger charge is -2.30. The zero-order valence-corrected chi connectivity index (χ0v) is 12.8. The predicted octanol–water partition coefficient (Wildman–Crippen LogP) is 0.960. The maximum Gasteiger partial charge on any atom is 0.291 e. The number of carbonyl (C=O) groups is 1. The highest BCUT2D eigenvalue weighted by Crippen LogP contribution is 2.21. The van der Waals surface area contributed by atoms with Crippen LogP contribution in [0.2, 0.25) is 0 Å². The molecule has 114 valence electrons. The Morgan fingerprint density at radius 3 is 2.76 bits per heavy atom. The van der Waals surface area contributed by atoms with Crippen LogP contribution < -0.4 is 5.32 Å². The predicted molar refractivity (Wildman–Crippen MR) is 77.9 cm³/mol. The van der Waals surface area contributed by atoms with Crippen molar-refractivity contribution in [2.75, 3.05) is 6.61 Å². The molecule has 0 aromatic carbocycles. The minimum atomic E-state index is -0.353. The van der Waals surface area contributed by atoms with Crippen LogP contribution in [0.3, 0.4) is 0 Å². The molecule has 1 unspecified atom stereocenters. The minimum absolute atomic E-state index is 0.0154. The molecule has 1 amide bonds. The Morgan fingerprint density at radius 2 is 2.19 bits per heavy atom. The Bertz CT molecular complexity index is 644. The molecule has 2 aromatic rings. The molecule has 0 radical (unpaired) electrons. The maximum atomic E-state index is 12.3. The van der Waals surface area contributed by atoms with Crippen molar-refractivity contribution in [1.82, 2.24) is 24.9 Å². The number of hydrogen-bond donors (Lipinski definition) is 2. The number of aryl methyl sites for hydroxylation is 1. The fourth-order valence-electron chi connectivity index (χ4n) is 2.08. The van der Waals surface area contributed by atoms with Crippen molar-refractivity contribution in [1.29, 1.82) is 0 Å². The molecule has 0 spiro atoms. The van der Waals surface area contributed by atoms with Gasteiger partial charge in [-0.3, -0.25) is 4.79 Å². The molecule has 2 rings (SSSR count). The van der Waals surface area contributed by atoms with E-state index in [1.54, 1.807) is 12.3 Å². The van der Waals surface area contributed by atoms with Crippen LogP contribution in [-0.4, -0.2) is 43.2 Å². The zero-order valence-electron chi connectivity index (χ0n) is 12.8. The minimum Gasteiger partial charge on any atom is -0.396 e. The first-order chi connectivity index (χ1) is 9.82. The Hall–Kier alpha value is -2.02. The van der Waals surface area contributed by atoms with Gasteiger partial charge in [0.15, 0.2) is 0 Å². The summed E-state index contributed by atoms with van der Waals surface area (Å²) in [6.07, 6.45) is 2.12. The highest BCUT2D eigenvalue weighted by Gasteiger charge is 2.27. The van der Waals surface area contributed by atoms with Crippen LogP contribution in [0, 0.1) is 12.3 Å². The second-order valence-corrected chi connectivity index (χ2v) is 6.14. The van der Waals surface area contributed by atoms with Gasteiger partial charge in [0.2, 0.25) is 5.82 Å². The summed E-state index contributed by atoms with van der Waals surface area (Å²) in [5, 5.41) is 16.2. The number of hydrogen-bond acceptors (Lipinski definition) is 5. The van der Waals surface area contributed by atoms with E-state index in [4.69, 9.17) is 5.11 Å². The Morgan fingerprint density at radius 1 is 1.48 bits per heavy atom. The lowest BCUT2D eigenvalue weighted by Crippen LogP contribution is -2.44. The molecule has 21 heavy (non-hydrogen) atoms. The summed E-state index contributed by atoms with van der Waals surface area (Å²) >= 11 is 0. The molecule has 0 aliphatic heterocycles. The van der Waals surface area contributed by atoms with Crippen LogP contribution in [0.4, 0.5) is 0 Å². The maximum absolute atomic E-state index is 12.3. The van der Waals surface area contributed by atoms with Gasteiger partial charge in [-0.2, -0.15) is 4.98 Å². The quantitative estimate of drug-likeness (QED) is 0.875. The number of aliphatic hydroxyl groups is 1. The van der Waals surface area contributed by atoms with Crippen molar-refractivity contribution in [2.24, 2.45) is 5.41 Å². The van der Waals surface area contributed by atoms with E-state index in [2.05, 4.69) is 20.4 Å². The average molecular weight is 291 g/mol. The van der Waals surface area contributed by atoms with Gasteiger partial charge in [-0.25, -0.2) is 9.50 Å². The molecule has 0 aliphatic rings. The van der Waals surface area contributed by atoms with Gasteiger partial charge in [0.05, 0.1) is 0 Å². The third-order valence-electron chi connectivity index (χ3n) is 3.40. The first-order valence-electron chi connectivity index (χ1n) is 6.93. The summed E-state index contributed by atoms with van der Waals surface area (Å²) in [4.78, 5) is 20.5. The number of nitrogens with zero attached hydrogens (tertiary/aromatic N) is 4.